The van der Waals surface area contributed by atoms with Crippen LogP contribution in [0.2, 0.25) is 0 Å². The molecule has 2 aliphatic heterocycles. The zero-order valence-electron chi connectivity index (χ0n) is 8.21. The number of hydrogen-bond donors (Lipinski definition) is 2. The first-order valence-corrected chi connectivity index (χ1v) is 4.68. The molecule has 0 saturated carbocycles. The summed E-state index contributed by atoms with van der Waals surface area (Å²) in [5.74, 6) is -0.582. The van der Waals surface area contributed by atoms with E-state index in [4.69, 9.17) is 4.74 Å². The van der Waals surface area contributed by atoms with E-state index in [-0.39, 0.29) is 0 Å². The zero-order valence-corrected chi connectivity index (χ0v) is 8.21. The second-order valence-electron chi connectivity index (χ2n) is 3.59. The van der Waals surface area contributed by atoms with Crippen LogP contribution in [0.1, 0.15) is 13.3 Å². The first kappa shape index (κ1) is 10.4. The molecule has 0 aromatic heterocycles. The highest BCUT2D eigenvalue weighted by Crippen LogP contribution is 2.27. The topological polar surface area (TPSA) is 76.0 Å². The average Bonchev–Trinajstić information content (AvgIpc) is 2.50. The smallest absolute Gasteiger partial charge is 0.333 e. The van der Waals surface area contributed by atoms with Gasteiger partial charge in [-0.1, -0.05) is 6.08 Å². The number of cyclic esters (lactones) is 1. The van der Waals surface area contributed by atoms with Crippen LogP contribution in [0, 0.1) is 0 Å². The van der Waals surface area contributed by atoms with Crippen molar-refractivity contribution in [1.82, 2.24) is 0 Å². The maximum absolute atomic E-state index is 10.9. The summed E-state index contributed by atoms with van der Waals surface area (Å²) in [6.07, 6.45) is 0.813. The van der Waals surface area contributed by atoms with Crippen LogP contribution >= 0.6 is 0 Å². The van der Waals surface area contributed by atoms with Crippen molar-refractivity contribution in [2.75, 3.05) is 0 Å². The normalized spacial score (nSPS) is 35.9. The molecule has 5 nitrogen and oxygen atoms in total. The van der Waals surface area contributed by atoms with Crippen molar-refractivity contribution >= 4 is 5.97 Å². The van der Waals surface area contributed by atoms with Crippen molar-refractivity contribution in [1.29, 1.82) is 0 Å². The summed E-state index contributed by atoms with van der Waals surface area (Å²) in [4.78, 5) is 10.9. The third-order valence-corrected chi connectivity index (χ3v) is 2.51. The number of rotatable bonds is 1. The van der Waals surface area contributed by atoms with E-state index in [2.05, 4.69) is 4.74 Å². The highest BCUT2D eigenvalue weighted by Gasteiger charge is 2.33. The van der Waals surface area contributed by atoms with Gasteiger partial charge in [-0.25, -0.2) is 4.79 Å². The molecular weight excluding hydrogens is 200 g/mol. The van der Waals surface area contributed by atoms with Gasteiger partial charge in [-0.05, 0) is 18.9 Å². The van der Waals surface area contributed by atoms with E-state index in [0.29, 0.717) is 12.0 Å². The Morgan fingerprint density at radius 3 is 2.67 bits per heavy atom. The maximum Gasteiger partial charge on any atom is 0.333 e. The van der Waals surface area contributed by atoms with Crippen LogP contribution in [0.25, 0.3) is 0 Å². The van der Waals surface area contributed by atoms with Gasteiger partial charge in [-0.15, -0.1) is 0 Å². The van der Waals surface area contributed by atoms with Gasteiger partial charge in [0.05, 0.1) is 6.10 Å². The standard InChI is InChI=1S/C10H12O5/c1-5-2-3-7(14-9(5)12)6-4-8(11)15-10(6)13/h2,4,7,9-10,12-13H,3H2,1H3/t7-,9?,10?/m1/s1. The van der Waals surface area contributed by atoms with Gasteiger partial charge in [-0.2, -0.15) is 0 Å². The lowest BCUT2D eigenvalue weighted by Crippen LogP contribution is -2.31. The monoisotopic (exact) mass is 212 g/mol. The Morgan fingerprint density at radius 1 is 1.40 bits per heavy atom. The number of ether oxygens (including phenoxy) is 2. The molecule has 82 valence electrons. The summed E-state index contributed by atoms with van der Waals surface area (Å²) < 4.78 is 9.76. The molecule has 2 heterocycles. The average molecular weight is 212 g/mol. The maximum atomic E-state index is 10.9. The fourth-order valence-electron chi connectivity index (χ4n) is 1.60. The van der Waals surface area contributed by atoms with Gasteiger partial charge in [0.1, 0.15) is 0 Å². The molecule has 0 saturated heterocycles. The molecule has 0 aromatic rings. The van der Waals surface area contributed by atoms with Gasteiger partial charge in [0, 0.05) is 11.6 Å². The molecule has 2 N–H and O–H groups in total. The van der Waals surface area contributed by atoms with E-state index in [1.54, 1.807) is 6.92 Å². The van der Waals surface area contributed by atoms with E-state index in [1.165, 1.54) is 6.08 Å². The fraction of sp³-hybridized carbons (Fsp3) is 0.500. The van der Waals surface area contributed by atoms with Gasteiger partial charge >= 0.3 is 5.97 Å². The Bertz CT molecular complexity index is 344. The van der Waals surface area contributed by atoms with E-state index >= 15 is 0 Å². The Labute approximate surface area is 86.6 Å². The molecule has 3 atom stereocenters. The van der Waals surface area contributed by atoms with E-state index in [1.807, 2.05) is 6.08 Å². The molecule has 2 unspecified atom stereocenters. The van der Waals surface area contributed by atoms with E-state index in [0.717, 1.165) is 5.57 Å². The lowest BCUT2D eigenvalue weighted by Gasteiger charge is -2.27. The van der Waals surface area contributed by atoms with Crippen molar-refractivity contribution in [3.8, 4) is 0 Å². The molecule has 5 heteroatoms. The molecule has 2 rings (SSSR count). The van der Waals surface area contributed by atoms with Crippen LogP contribution in [0.3, 0.4) is 0 Å². The number of esters is 1. The largest absolute Gasteiger partial charge is 0.429 e. The first-order chi connectivity index (χ1) is 7.08. The van der Waals surface area contributed by atoms with Crippen molar-refractivity contribution in [3.05, 3.63) is 23.3 Å². The molecule has 0 bridgehead atoms. The van der Waals surface area contributed by atoms with E-state index < -0.39 is 24.7 Å². The minimum absolute atomic E-state index is 0.364. The lowest BCUT2D eigenvalue weighted by molar-refractivity contribution is -0.155. The number of aliphatic hydroxyl groups is 2. The Morgan fingerprint density at radius 2 is 2.13 bits per heavy atom. The minimum atomic E-state index is -1.25. The van der Waals surface area contributed by atoms with Gasteiger partial charge in [-0.3, -0.25) is 0 Å². The molecule has 0 radical (unpaired) electrons. The summed E-state index contributed by atoms with van der Waals surface area (Å²) in [6.45, 7) is 1.75. The molecule has 0 aromatic carbocycles. The van der Waals surface area contributed by atoms with E-state index in [9.17, 15) is 15.0 Å². The molecule has 2 aliphatic rings. The summed E-state index contributed by atoms with van der Waals surface area (Å²) in [5, 5.41) is 18.8. The molecule has 0 aliphatic carbocycles. The molecule has 0 amide bonds. The van der Waals surface area contributed by atoms with Crippen LogP contribution in [0.4, 0.5) is 0 Å². The lowest BCUT2D eigenvalue weighted by atomic mass is 10.0. The zero-order chi connectivity index (χ0) is 11.0. The van der Waals surface area contributed by atoms with Crippen LogP contribution < -0.4 is 0 Å². The number of hydrogen-bond acceptors (Lipinski definition) is 5. The van der Waals surface area contributed by atoms with Crippen molar-refractivity contribution in [2.45, 2.75) is 32.0 Å². The third-order valence-electron chi connectivity index (χ3n) is 2.51. The molecule has 0 spiro atoms. The molecule has 0 fully saturated rings. The highest BCUT2D eigenvalue weighted by molar-refractivity contribution is 5.85. The fourth-order valence-corrected chi connectivity index (χ4v) is 1.60. The van der Waals surface area contributed by atoms with Crippen LogP contribution in [0.15, 0.2) is 23.3 Å². The Hall–Kier alpha value is -1.17. The predicted octanol–water partition coefficient (Wildman–Crippen LogP) is -0.158. The molecular formula is C10H12O5. The summed E-state index contributed by atoms with van der Waals surface area (Å²) in [6, 6.07) is 0. The predicted molar refractivity (Wildman–Crippen MR) is 49.4 cm³/mol. The Balaban J connectivity index is 2.14. The van der Waals surface area contributed by atoms with Gasteiger partial charge in [0.15, 0.2) is 6.29 Å². The Kier molecular flexibility index (Phi) is 2.60. The van der Waals surface area contributed by atoms with Crippen LogP contribution in [0.5, 0.6) is 0 Å². The SMILES string of the molecule is CC1=CC[C@H](C2=CC(=O)OC2O)OC1O. The minimum Gasteiger partial charge on any atom is -0.429 e. The number of carbonyl (C=O) groups excluding carboxylic acids is 1. The second kappa shape index (κ2) is 3.77. The third kappa shape index (κ3) is 1.94. The summed E-state index contributed by atoms with van der Waals surface area (Å²) in [5.41, 5.74) is 1.09. The van der Waals surface area contributed by atoms with Crippen LogP contribution in [-0.4, -0.2) is 34.9 Å². The van der Waals surface area contributed by atoms with Crippen molar-refractivity contribution in [2.24, 2.45) is 0 Å². The quantitative estimate of drug-likeness (QED) is 0.466. The molecule has 15 heavy (non-hydrogen) atoms. The number of aliphatic hydroxyl groups excluding tert-OH is 2. The summed E-state index contributed by atoms with van der Waals surface area (Å²) >= 11 is 0. The van der Waals surface area contributed by atoms with Gasteiger partial charge in [0.2, 0.25) is 6.29 Å². The second-order valence-corrected chi connectivity index (χ2v) is 3.59. The number of carbonyl (C=O) groups is 1. The van der Waals surface area contributed by atoms with Crippen molar-refractivity contribution < 1.29 is 24.5 Å². The van der Waals surface area contributed by atoms with Gasteiger partial charge < -0.3 is 19.7 Å². The summed E-state index contributed by atoms with van der Waals surface area (Å²) in [7, 11) is 0. The first-order valence-electron chi connectivity index (χ1n) is 4.68. The van der Waals surface area contributed by atoms with Crippen LogP contribution in [-0.2, 0) is 14.3 Å². The van der Waals surface area contributed by atoms with Gasteiger partial charge in [0.25, 0.3) is 0 Å². The highest BCUT2D eigenvalue weighted by atomic mass is 16.6. The van der Waals surface area contributed by atoms with Crippen molar-refractivity contribution in [3.63, 3.8) is 0 Å².